The van der Waals surface area contributed by atoms with Crippen LogP contribution in [0.25, 0.3) is 0 Å². The first-order valence-corrected chi connectivity index (χ1v) is 17.1. The summed E-state index contributed by atoms with van der Waals surface area (Å²) in [7, 11) is -4.38. The monoisotopic (exact) mass is 703 g/mol. The van der Waals surface area contributed by atoms with Gasteiger partial charge in [0.05, 0.1) is 15.6 Å². The maximum Gasteiger partial charge on any atom is 0.264 e. The molecular formula is C34H33Cl3FN3O4S. The van der Waals surface area contributed by atoms with Crippen molar-refractivity contribution in [3.05, 3.63) is 129 Å². The Morgan fingerprint density at radius 2 is 1.46 bits per heavy atom. The van der Waals surface area contributed by atoms with Gasteiger partial charge in [0.1, 0.15) is 18.4 Å². The molecule has 0 fully saturated rings. The largest absolute Gasteiger partial charge is 0.352 e. The summed E-state index contributed by atoms with van der Waals surface area (Å²) < 4.78 is 43.1. The fraction of sp³-hybridized carbons (Fsp3) is 0.235. The zero-order chi connectivity index (χ0) is 33.4. The Kier molecular flexibility index (Phi) is 12.1. The van der Waals surface area contributed by atoms with Crippen molar-refractivity contribution in [1.29, 1.82) is 0 Å². The van der Waals surface area contributed by atoms with Crippen LogP contribution in [0.4, 0.5) is 10.1 Å². The predicted octanol–water partition coefficient (Wildman–Crippen LogP) is 7.54. The van der Waals surface area contributed by atoms with Crippen molar-refractivity contribution in [3.63, 3.8) is 0 Å². The van der Waals surface area contributed by atoms with Crippen molar-refractivity contribution in [2.24, 2.45) is 0 Å². The highest BCUT2D eigenvalue weighted by atomic mass is 35.5. The van der Waals surface area contributed by atoms with Crippen LogP contribution in [-0.4, -0.2) is 43.8 Å². The number of hydrogen-bond donors (Lipinski definition) is 1. The van der Waals surface area contributed by atoms with Gasteiger partial charge in [-0.3, -0.25) is 13.9 Å². The first-order valence-electron chi connectivity index (χ1n) is 14.5. The van der Waals surface area contributed by atoms with E-state index in [9.17, 15) is 22.4 Å². The second-order valence-electron chi connectivity index (χ2n) is 10.7. The van der Waals surface area contributed by atoms with Crippen molar-refractivity contribution in [1.82, 2.24) is 10.2 Å². The predicted molar refractivity (Wildman–Crippen MR) is 181 cm³/mol. The van der Waals surface area contributed by atoms with Crippen LogP contribution < -0.4 is 9.62 Å². The SMILES string of the molecule is CC[C@@H](C)NC(=O)[C@@H](Cc1ccccc1)N(Cc1c(Cl)cccc1Cl)C(=O)CN(c1ccc(F)c(Cl)c1)S(=O)(=O)c1ccccc1. The van der Waals surface area contributed by atoms with Crippen molar-refractivity contribution >= 4 is 62.3 Å². The molecule has 4 aromatic rings. The maximum absolute atomic E-state index is 14.5. The molecule has 0 heterocycles. The molecule has 0 aliphatic carbocycles. The minimum atomic E-state index is -4.38. The number of amides is 2. The normalized spacial score (nSPS) is 12.7. The summed E-state index contributed by atoms with van der Waals surface area (Å²) in [6, 6.07) is 23.6. The Hall–Kier alpha value is -3.63. The highest BCUT2D eigenvalue weighted by Gasteiger charge is 2.35. The number of nitrogens with one attached hydrogen (secondary N) is 1. The van der Waals surface area contributed by atoms with Crippen LogP contribution in [0.1, 0.15) is 31.4 Å². The molecule has 0 unspecified atom stereocenters. The quantitative estimate of drug-likeness (QED) is 0.156. The van der Waals surface area contributed by atoms with Crippen LogP contribution in [0.2, 0.25) is 15.1 Å². The van der Waals surface area contributed by atoms with Crippen molar-refractivity contribution in [2.45, 2.75) is 50.2 Å². The number of anilines is 1. The van der Waals surface area contributed by atoms with Crippen LogP contribution in [0, 0.1) is 5.82 Å². The third kappa shape index (κ3) is 8.59. The molecule has 0 spiro atoms. The summed E-state index contributed by atoms with van der Waals surface area (Å²) in [5, 5.41) is 3.18. The van der Waals surface area contributed by atoms with Gasteiger partial charge >= 0.3 is 0 Å². The Labute approximate surface area is 283 Å². The molecule has 2 amide bonds. The second kappa shape index (κ2) is 15.8. The van der Waals surface area contributed by atoms with Gasteiger partial charge in [0, 0.05) is 34.6 Å². The second-order valence-corrected chi connectivity index (χ2v) is 13.8. The number of rotatable bonds is 13. The summed E-state index contributed by atoms with van der Waals surface area (Å²) in [6.07, 6.45) is 0.757. The minimum absolute atomic E-state index is 0.0389. The van der Waals surface area contributed by atoms with Gasteiger partial charge in [0.15, 0.2) is 0 Å². The van der Waals surface area contributed by atoms with E-state index in [1.54, 1.807) is 36.4 Å². The molecule has 4 rings (SSSR count). The van der Waals surface area contributed by atoms with Gasteiger partial charge in [-0.05, 0) is 61.4 Å². The number of nitrogens with zero attached hydrogens (tertiary/aromatic N) is 2. The Morgan fingerprint density at radius 1 is 0.848 bits per heavy atom. The van der Waals surface area contributed by atoms with Crippen molar-refractivity contribution < 1.29 is 22.4 Å². The van der Waals surface area contributed by atoms with Crippen LogP contribution >= 0.6 is 34.8 Å². The number of sulfonamides is 1. The van der Waals surface area contributed by atoms with Crippen LogP contribution in [0.5, 0.6) is 0 Å². The van der Waals surface area contributed by atoms with E-state index in [4.69, 9.17) is 34.8 Å². The molecule has 12 heteroatoms. The third-order valence-corrected chi connectivity index (χ3v) is 10.2. The minimum Gasteiger partial charge on any atom is -0.352 e. The third-order valence-electron chi connectivity index (χ3n) is 7.46. The topological polar surface area (TPSA) is 86.8 Å². The lowest BCUT2D eigenvalue weighted by atomic mass is 10.0. The van der Waals surface area contributed by atoms with Crippen LogP contribution in [0.3, 0.4) is 0 Å². The molecule has 0 aliphatic heterocycles. The molecule has 2 atom stereocenters. The van der Waals surface area contributed by atoms with Gasteiger partial charge in [0.2, 0.25) is 11.8 Å². The van der Waals surface area contributed by atoms with E-state index in [1.165, 1.54) is 23.1 Å². The highest BCUT2D eigenvalue weighted by molar-refractivity contribution is 7.92. The van der Waals surface area contributed by atoms with E-state index in [0.29, 0.717) is 12.0 Å². The lowest BCUT2D eigenvalue weighted by Gasteiger charge is -2.34. The van der Waals surface area contributed by atoms with Gasteiger partial charge in [0.25, 0.3) is 10.0 Å². The molecule has 242 valence electrons. The molecule has 46 heavy (non-hydrogen) atoms. The van der Waals surface area contributed by atoms with Crippen molar-refractivity contribution in [3.8, 4) is 0 Å². The van der Waals surface area contributed by atoms with Gasteiger partial charge < -0.3 is 10.2 Å². The first-order chi connectivity index (χ1) is 21.9. The van der Waals surface area contributed by atoms with Gasteiger partial charge in [-0.25, -0.2) is 12.8 Å². The molecular weight excluding hydrogens is 672 g/mol. The molecule has 0 aromatic heterocycles. The van der Waals surface area contributed by atoms with E-state index >= 15 is 0 Å². The summed E-state index contributed by atoms with van der Waals surface area (Å²) in [5.74, 6) is -1.92. The lowest BCUT2D eigenvalue weighted by Crippen LogP contribution is -2.54. The summed E-state index contributed by atoms with van der Waals surface area (Å²) >= 11 is 19.1. The van der Waals surface area contributed by atoms with Gasteiger partial charge in [-0.2, -0.15) is 0 Å². The average molecular weight is 705 g/mol. The number of halogens is 4. The highest BCUT2D eigenvalue weighted by Crippen LogP contribution is 2.30. The zero-order valence-corrected chi connectivity index (χ0v) is 28.3. The summed E-state index contributed by atoms with van der Waals surface area (Å²) in [6.45, 7) is 2.82. The van der Waals surface area contributed by atoms with Crippen LogP contribution in [0.15, 0.2) is 102 Å². The van der Waals surface area contributed by atoms with Gasteiger partial charge in [-0.1, -0.05) is 96.3 Å². The average Bonchev–Trinajstić information content (AvgIpc) is 3.04. The summed E-state index contributed by atoms with van der Waals surface area (Å²) in [4.78, 5) is 29.6. The fourth-order valence-corrected chi connectivity index (χ4v) is 6.86. The van der Waals surface area contributed by atoms with E-state index in [1.807, 2.05) is 44.2 Å². The smallest absolute Gasteiger partial charge is 0.264 e. The summed E-state index contributed by atoms with van der Waals surface area (Å²) in [5.41, 5.74) is 1.12. The zero-order valence-electron chi connectivity index (χ0n) is 25.2. The fourth-order valence-electron chi connectivity index (χ4n) is 4.74. The maximum atomic E-state index is 14.5. The van der Waals surface area contributed by atoms with Crippen molar-refractivity contribution in [2.75, 3.05) is 10.8 Å². The van der Waals surface area contributed by atoms with E-state index < -0.39 is 40.2 Å². The van der Waals surface area contributed by atoms with E-state index in [0.717, 1.165) is 22.0 Å². The molecule has 1 N–H and O–H groups in total. The Balaban J connectivity index is 1.85. The lowest BCUT2D eigenvalue weighted by molar-refractivity contribution is -0.140. The number of carbonyl (C=O) groups is 2. The number of hydrogen-bond acceptors (Lipinski definition) is 4. The Bertz CT molecular complexity index is 1760. The van der Waals surface area contributed by atoms with E-state index in [2.05, 4.69) is 5.32 Å². The molecule has 0 aliphatic rings. The molecule has 0 saturated heterocycles. The molecule has 4 aromatic carbocycles. The Morgan fingerprint density at radius 3 is 2.04 bits per heavy atom. The first kappa shape index (κ1) is 35.2. The molecule has 0 radical (unpaired) electrons. The van der Waals surface area contributed by atoms with Gasteiger partial charge in [-0.15, -0.1) is 0 Å². The number of carbonyl (C=O) groups excluding carboxylic acids is 2. The molecule has 7 nitrogen and oxygen atoms in total. The van der Waals surface area contributed by atoms with E-state index in [-0.39, 0.29) is 44.7 Å². The molecule has 0 saturated carbocycles. The van der Waals surface area contributed by atoms with Crippen LogP contribution in [-0.2, 0) is 32.6 Å². The molecule has 0 bridgehead atoms. The standard InChI is InChI=1S/C34H33Cl3FN3O4S/c1-3-23(2)39-34(43)32(19-24-11-6-4-7-12-24)40(21-27-28(35)15-10-16-29(27)36)33(42)22-41(25-17-18-31(38)30(37)20-25)46(44,45)26-13-8-5-9-14-26/h4-18,20,23,32H,3,19,21-22H2,1-2H3,(H,39,43)/t23-,32-/m1/s1. The number of benzene rings is 4.